The van der Waals surface area contributed by atoms with E-state index in [4.69, 9.17) is 18.0 Å². The molecule has 0 amide bonds. The van der Waals surface area contributed by atoms with Crippen LogP contribution in [0.1, 0.15) is 25.1 Å². The number of nitrogens with zero attached hydrogens (tertiary/aromatic N) is 3. The highest BCUT2D eigenvalue weighted by molar-refractivity contribution is 7.80. The van der Waals surface area contributed by atoms with Gasteiger partial charge in [-0.1, -0.05) is 12.2 Å². The van der Waals surface area contributed by atoms with Crippen molar-refractivity contribution >= 4 is 17.2 Å². The van der Waals surface area contributed by atoms with Crippen molar-refractivity contribution in [1.82, 2.24) is 14.3 Å². The van der Waals surface area contributed by atoms with Crippen LogP contribution >= 0.6 is 12.2 Å². The standard InChI is InChI=1S/C9H14N4OS/c10-7(15)4-6-13-9(14)12-5-2-1-3-8(12)11-13/h1-6H2,(H2,10,15). The summed E-state index contributed by atoms with van der Waals surface area (Å²) in [6.45, 7) is 1.29. The number of thiocarbonyl (C=S) groups is 1. The summed E-state index contributed by atoms with van der Waals surface area (Å²) in [4.78, 5) is 12.2. The van der Waals surface area contributed by atoms with E-state index in [0.29, 0.717) is 18.0 Å². The van der Waals surface area contributed by atoms with Crippen molar-refractivity contribution in [3.8, 4) is 0 Å². The van der Waals surface area contributed by atoms with Gasteiger partial charge in [-0.05, 0) is 12.8 Å². The van der Waals surface area contributed by atoms with Crippen molar-refractivity contribution in [3.63, 3.8) is 0 Å². The molecule has 0 radical (unpaired) electrons. The molecule has 0 saturated carbocycles. The summed E-state index contributed by atoms with van der Waals surface area (Å²) in [5.74, 6) is 0.897. The van der Waals surface area contributed by atoms with E-state index in [-0.39, 0.29) is 5.69 Å². The van der Waals surface area contributed by atoms with Gasteiger partial charge in [0.15, 0.2) is 0 Å². The first-order valence-electron chi connectivity index (χ1n) is 5.13. The van der Waals surface area contributed by atoms with Crippen molar-refractivity contribution in [3.05, 3.63) is 16.3 Å². The van der Waals surface area contributed by atoms with Crippen molar-refractivity contribution < 1.29 is 0 Å². The number of nitrogens with two attached hydrogens (primary N) is 1. The van der Waals surface area contributed by atoms with Crippen molar-refractivity contribution in [2.45, 2.75) is 38.8 Å². The molecule has 2 heterocycles. The molecule has 82 valence electrons. The van der Waals surface area contributed by atoms with Gasteiger partial charge in [0.05, 0.1) is 11.5 Å². The third kappa shape index (κ3) is 2.09. The summed E-state index contributed by atoms with van der Waals surface area (Å²) in [5.41, 5.74) is 5.37. The Balaban J connectivity index is 2.22. The van der Waals surface area contributed by atoms with E-state index in [1.165, 1.54) is 4.68 Å². The topological polar surface area (TPSA) is 65.8 Å². The van der Waals surface area contributed by atoms with Crippen LogP contribution in [0.3, 0.4) is 0 Å². The molecule has 0 atom stereocenters. The van der Waals surface area contributed by atoms with E-state index in [2.05, 4.69) is 5.10 Å². The first-order chi connectivity index (χ1) is 7.18. The largest absolute Gasteiger partial charge is 0.393 e. The van der Waals surface area contributed by atoms with Crippen LogP contribution in [0.2, 0.25) is 0 Å². The number of aryl methyl sites for hydroxylation is 2. The highest BCUT2D eigenvalue weighted by Gasteiger charge is 2.16. The third-order valence-corrected chi connectivity index (χ3v) is 2.81. The van der Waals surface area contributed by atoms with Gasteiger partial charge < -0.3 is 5.73 Å². The molecule has 0 bridgehead atoms. The Morgan fingerprint density at radius 1 is 1.53 bits per heavy atom. The predicted molar refractivity (Wildman–Crippen MR) is 60.8 cm³/mol. The smallest absolute Gasteiger partial charge is 0.345 e. The maximum atomic E-state index is 11.8. The predicted octanol–water partition coefficient (Wildman–Crippen LogP) is 0.0573. The summed E-state index contributed by atoms with van der Waals surface area (Å²) in [7, 11) is 0. The zero-order valence-corrected chi connectivity index (χ0v) is 9.29. The van der Waals surface area contributed by atoms with E-state index in [1.54, 1.807) is 4.57 Å². The van der Waals surface area contributed by atoms with E-state index in [1.807, 2.05) is 0 Å². The first kappa shape index (κ1) is 10.4. The van der Waals surface area contributed by atoms with E-state index in [0.717, 1.165) is 31.6 Å². The van der Waals surface area contributed by atoms with Gasteiger partial charge in [-0.2, -0.15) is 5.10 Å². The Kier molecular flexibility index (Phi) is 2.86. The highest BCUT2D eigenvalue weighted by Crippen LogP contribution is 2.09. The maximum absolute atomic E-state index is 11.8. The van der Waals surface area contributed by atoms with Crippen LogP contribution in [0.5, 0.6) is 0 Å². The lowest BCUT2D eigenvalue weighted by atomic mass is 10.2. The summed E-state index contributed by atoms with van der Waals surface area (Å²) in [6.07, 6.45) is 3.61. The first-order valence-corrected chi connectivity index (χ1v) is 5.54. The lowest BCUT2D eigenvalue weighted by Gasteiger charge is -2.09. The van der Waals surface area contributed by atoms with Gasteiger partial charge in [0.2, 0.25) is 0 Å². The molecular formula is C9H14N4OS. The molecule has 0 aromatic carbocycles. The Bertz CT molecular complexity index is 434. The van der Waals surface area contributed by atoms with Crippen LogP contribution in [0.15, 0.2) is 4.79 Å². The molecule has 6 heteroatoms. The molecule has 1 aliphatic heterocycles. The SMILES string of the molecule is NC(=S)CCn1nc2n(c1=O)CCCC2. The van der Waals surface area contributed by atoms with Crippen LogP contribution in [0.4, 0.5) is 0 Å². The minimum absolute atomic E-state index is 0.0269. The highest BCUT2D eigenvalue weighted by atomic mass is 32.1. The zero-order chi connectivity index (χ0) is 10.8. The van der Waals surface area contributed by atoms with E-state index in [9.17, 15) is 4.79 Å². The van der Waals surface area contributed by atoms with Crippen LogP contribution in [0, 0.1) is 0 Å². The van der Waals surface area contributed by atoms with Crippen molar-refractivity contribution in [2.24, 2.45) is 5.73 Å². The summed E-state index contributed by atoms with van der Waals surface area (Å²) >= 11 is 4.77. The Labute approximate surface area is 92.9 Å². The minimum atomic E-state index is -0.0269. The summed E-state index contributed by atoms with van der Waals surface area (Å²) < 4.78 is 3.23. The van der Waals surface area contributed by atoms with Gasteiger partial charge in [-0.3, -0.25) is 4.57 Å². The second kappa shape index (κ2) is 4.14. The third-order valence-electron chi connectivity index (χ3n) is 2.60. The molecule has 0 aliphatic carbocycles. The lowest BCUT2D eigenvalue weighted by molar-refractivity contribution is 0.511. The van der Waals surface area contributed by atoms with Crippen molar-refractivity contribution in [2.75, 3.05) is 0 Å². The number of hydrogen-bond acceptors (Lipinski definition) is 3. The quantitative estimate of drug-likeness (QED) is 0.740. The Morgan fingerprint density at radius 2 is 2.33 bits per heavy atom. The molecule has 15 heavy (non-hydrogen) atoms. The second-order valence-corrected chi connectivity index (χ2v) is 4.27. The molecule has 0 spiro atoms. The second-order valence-electron chi connectivity index (χ2n) is 3.75. The molecule has 0 fully saturated rings. The Hall–Kier alpha value is -1.17. The van der Waals surface area contributed by atoms with Crippen LogP contribution < -0.4 is 11.4 Å². The lowest BCUT2D eigenvalue weighted by Crippen LogP contribution is -2.28. The molecule has 1 aromatic rings. The fourth-order valence-corrected chi connectivity index (χ4v) is 1.90. The van der Waals surface area contributed by atoms with Gasteiger partial charge in [0, 0.05) is 19.4 Å². The fourth-order valence-electron chi connectivity index (χ4n) is 1.81. The van der Waals surface area contributed by atoms with Gasteiger partial charge in [-0.15, -0.1) is 0 Å². The van der Waals surface area contributed by atoms with Gasteiger partial charge in [-0.25, -0.2) is 9.48 Å². The molecular weight excluding hydrogens is 212 g/mol. The number of rotatable bonds is 3. The average Bonchev–Trinajstić information content (AvgIpc) is 2.54. The number of aromatic nitrogens is 3. The van der Waals surface area contributed by atoms with E-state index < -0.39 is 0 Å². The number of fused-ring (bicyclic) bond motifs is 1. The number of hydrogen-bond donors (Lipinski definition) is 1. The molecule has 0 unspecified atom stereocenters. The van der Waals surface area contributed by atoms with E-state index >= 15 is 0 Å². The Morgan fingerprint density at radius 3 is 3.00 bits per heavy atom. The zero-order valence-electron chi connectivity index (χ0n) is 8.48. The monoisotopic (exact) mass is 226 g/mol. The van der Waals surface area contributed by atoms with Crippen LogP contribution in [-0.2, 0) is 19.5 Å². The molecule has 2 rings (SSSR count). The normalized spacial score (nSPS) is 14.9. The van der Waals surface area contributed by atoms with Crippen LogP contribution in [0.25, 0.3) is 0 Å². The van der Waals surface area contributed by atoms with Crippen molar-refractivity contribution in [1.29, 1.82) is 0 Å². The molecule has 1 aromatic heterocycles. The maximum Gasteiger partial charge on any atom is 0.345 e. The fraction of sp³-hybridized carbons (Fsp3) is 0.667. The van der Waals surface area contributed by atoms with Gasteiger partial charge >= 0.3 is 5.69 Å². The molecule has 5 nitrogen and oxygen atoms in total. The molecule has 2 N–H and O–H groups in total. The molecule has 1 aliphatic rings. The van der Waals surface area contributed by atoms with Crippen LogP contribution in [-0.4, -0.2) is 19.3 Å². The van der Waals surface area contributed by atoms with Gasteiger partial charge in [0.1, 0.15) is 5.82 Å². The average molecular weight is 226 g/mol. The van der Waals surface area contributed by atoms with Gasteiger partial charge in [0.25, 0.3) is 0 Å². The minimum Gasteiger partial charge on any atom is -0.393 e. The summed E-state index contributed by atoms with van der Waals surface area (Å²) in [6, 6.07) is 0. The molecule has 0 saturated heterocycles. The summed E-state index contributed by atoms with van der Waals surface area (Å²) in [5, 5.41) is 4.27.